The Labute approximate surface area is 563 Å². The van der Waals surface area contributed by atoms with E-state index >= 15 is 0 Å². The van der Waals surface area contributed by atoms with E-state index < -0.39 is 237 Å². The van der Waals surface area contributed by atoms with E-state index in [1.54, 1.807) is 13.8 Å². The third-order valence-electron chi connectivity index (χ3n) is 14.9. The Morgan fingerprint density at radius 3 is 1.21 bits per heavy atom. The smallest absolute Gasteiger partial charge is 0.303 e. The minimum Gasteiger partial charge on any atom is -0.508 e. The highest BCUT2D eigenvalue weighted by atomic mass is 16.4. The summed E-state index contributed by atoms with van der Waals surface area (Å²) in [6, 6.07) is -15.1. The molecule has 0 spiro atoms. The molecule has 0 saturated heterocycles. The number of aliphatic hydroxyl groups excluding tert-OH is 4. The molecule has 0 saturated carbocycles. The number of aromatic hydroxyl groups is 1. The Hall–Kier alpha value is -9.70. The molecule has 0 unspecified atom stereocenters. The summed E-state index contributed by atoms with van der Waals surface area (Å²) in [5, 5.41) is 88.2. The van der Waals surface area contributed by atoms with Gasteiger partial charge in [-0.2, -0.15) is 0 Å². The van der Waals surface area contributed by atoms with Crippen molar-refractivity contribution in [3.05, 3.63) is 29.8 Å². The number of carboxylic acid groups (broad SMARTS) is 1. The van der Waals surface area contributed by atoms with Gasteiger partial charge in [0.1, 0.15) is 78.3 Å². The van der Waals surface area contributed by atoms with Crippen LogP contribution in [0.2, 0.25) is 0 Å². The quantitative estimate of drug-likeness (QED) is 0.0269. The van der Waals surface area contributed by atoms with Crippen molar-refractivity contribution in [3.63, 3.8) is 0 Å². The van der Waals surface area contributed by atoms with E-state index in [9.17, 15) is 102 Å². The number of aliphatic carboxylic acids is 1. The molecule has 0 aromatic heterocycles. The van der Waals surface area contributed by atoms with Crippen molar-refractivity contribution in [3.8, 4) is 5.75 Å². The van der Waals surface area contributed by atoms with Crippen LogP contribution in [0.5, 0.6) is 5.75 Å². The van der Waals surface area contributed by atoms with Gasteiger partial charge in [-0.05, 0) is 102 Å². The number of phenolic OH excluding ortho intramolecular Hbond substituents is 1. The lowest BCUT2D eigenvalue weighted by Gasteiger charge is -2.29. The Morgan fingerprint density at radius 2 is 0.796 bits per heavy atom. The number of aliphatic hydroxyl groups is 4. The zero-order valence-electron chi connectivity index (χ0n) is 55.2. The predicted molar refractivity (Wildman–Crippen MR) is 343 cm³/mol. The summed E-state index contributed by atoms with van der Waals surface area (Å²) >= 11 is 0. The average Bonchev–Trinajstić information content (AvgIpc) is 0.871. The third-order valence-corrected chi connectivity index (χ3v) is 14.9. The first kappa shape index (κ1) is 86.3. The molecular formula is C59H97N17O22. The van der Waals surface area contributed by atoms with E-state index in [1.165, 1.54) is 31.2 Å². The molecule has 550 valence electrons. The number of amides is 15. The largest absolute Gasteiger partial charge is 0.508 e. The van der Waals surface area contributed by atoms with E-state index in [1.807, 2.05) is 0 Å². The summed E-state index contributed by atoms with van der Waals surface area (Å²) in [5.74, 6) is -18.6. The van der Waals surface area contributed by atoms with E-state index in [-0.39, 0.29) is 62.9 Å². The molecule has 15 amide bonds. The van der Waals surface area contributed by atoms with Crippen molar-refractivity contribution >= 4 is 94.6 Å². The fourth-order valence-corrected chi connectivity index (χ4v) is 9.14. The van der Waals surface area contributed by atoms with Gasteiger partial charge in [0, 0.05) is 26.2 Å². The third kappa shape index (κ3) is 31.9. The standard InChI is InChI=1S/C59H97N17O22/c1-6-28(2)46(75-52(91)36(12-8-10-22-61)67-54(93)39(24-44(63)84)70-49(88)29(3)65-31(5)81)58(97)74-41(26-78)56(95)71-38(23-32-13-15-33(82)16-14-32)53(92)69-37(17-19-43(62)83)51(90)72-40(25-77)55(94)68-35(11-7-9-21-60)50(89)73-42(27-79)57(96)76-47(30(4)80)59(98)66-34(48(64)87)18-20-45(85)86/h13-16,28-30,34-42,46-47,77-80,82H,6-12,17-27,60-61H2,1-5H3,(H2,62,83)(H2,63,84)(H2,64,87)(H,65,81)(H,66,98)(H,67,93)(H,68,94)(H,69,92)(H,70,88)(H,71,95)(H,72,90)(H,73,89)(H,74,97)(H,75,91)(H,76,96)(H,85,86)/t28-,29-,30+,34-,35-,36-,37-,38-,39-,40-,41-,42-,46-,47-/m0/s1. The highest BCUT2D eigenvalue weighted by molar-refractivity contribution is 6.00. The van der Waals surface area contributed by atoms with Crippen LogP contribution in [0, 0.1) is 5.92 Å². The van der Waals surface area contributed by atoms with Crippen molar-refractivity contribution in [1.82, 2.24) is 63.8 Å². The molecule has 0 heterocycles. The van der Waals surface area contributed by atoms with E-state index in [0.29, 0.717) is 6.42 Å². The molecule has 0 bridgehead atoms. The SMILES string of the molecule is CC[C@H](C)[C@H](NC(=O)[C@H](CCCCN)NC(=O)[C@H](CC(N)=O)NC(=O)[C@H](C)NC(C)=O)C(=O)N[C@@H](CO)C(=O)N[C@@H](Cc1ccc(O)cc1)C(=O)N[C@@H](CCC(N)=O)C(=O)N[C@@H](CO)C(=O)N[C@@H](CCCCN)C(=O)N[C@@H](CO)C(=O)N[C@H](C(=O)N[C@@H](CCC(=O)O)C(N)=O)[C@@H](C)O. The molecule has 39 heteroatoms. The number of benzene rings is 1. The molecule has 28 N–H and O–H groups in total. The maximum atomic E-state index is 14.4. The van der Waals surface area contributed by atoms with Gasteiger partial charge in [-0.3, -0.25) is 76.7 Å². The summed E-state index contributed by atoms with van der Waals surface area (Å²) in [6.07, 6.45) is -4.35. The Morgan fingerprint density at radius 1 is 0.429 bits per heavy atom. The number of hydrogen-bond donors (Lipinski definition) is 23. The van der Waals surface area contributed by atoms with Crippen molar-refractivity contribution < 1.29 is 107 Å². The summed E-state index contributed by atoms with van der Waals surface area (Å²) in [5.41, 5.74) is 27.6. The zero-order valence-corrected chi connectivity index (χ0v) is 55.2. The Balaban J connectivity index is 3.60. The summed E-state index contributed by atoms with van der Waals surface area (Å²) < 4.78 is 0. The molecule has 0 radical (unpaired) electrons. The number of carbonyl (C=O) groups excluding carboxylic acids is 15. The summed E-state index contributed by atoms with van der Waals surface area (Å²) in [4.78, 5) is 210. The van der Waals surface area contributed by atoms with Gasteiger partial charge < -0.3 is 123 Å². The highest BCUT2D eigenvalue weighted by Crippen LogP contribution is 2.15. The number of rotatable bonds is 48. The normalized spacial score (nSPS) is 15.3. The summed E-state index contributed by atoms with van der Waals surface area (Å²) in [6.45, 7) is 3.43. The van der Waals surface area contributed by atoms with E-state index in [0.717, 1.165) is 13.8 Å². The minimum atomic E-state index is -1.97. The molecule has 98 heavy (non-hydrogen) atoms. The molecule has 0 aliphatic carbocycles. The Bertz CT molecular complexity index is 2910. The van der Waals surface area contributed by atoms with Crippen LogP contribution in [0.1, 0.15) is 117 Å². The topological polar surface area (TPSA) is 669 Å². The number of phenols is 1. The molecule has 0 fully saturated rings. The maximum Gasteiger partial charge on any atom is 0.303 e. The van der Waals surface area contributed by atoms with Crippen LogP contribution in [0.15, 0.2) is 24.3 Å². The average molecular weight is 1400 g/mol. The van der Waals surface area contributed by atoms with Crippen LogP contribution in [-0.2, 0) is 83.1 Å². The van der Waals surface area contributed by atoms with Gasteiger partial charge in [0.25, 0.3) is 0 Å². The predicted octanol–water partition coefficient (Wildman–Crippen LogP) is -10.1. The van der Waals surface area contributed by atoms with Crippen molar-refractivity contribution in [2.45, 2.75) is 197 Å². The van der Waals surface area contributed by atoms with Crippen LogP contribution in [0.4, 0.5) is 0 Å². The fraction of sp³-hybridized carbons (Fsp3) is 0.627. The van der Waals surface area contributed by atoms with Gasteiger partial charge in [-0.15, -0.1) is 0 Å². The van der Waals surface area contributed by atoms with Gasteiger partial charge in [0.2, 0.25) is 88.6 Å². The second-order valence-corrected chi connectivity index (χ2v) is 23.1. The van der Waals surface area contributed by atoms with Crippen LogP contribution >= 0.6 is 0 Å². The molecule has 0 aliphatic heterocycles. The molecule has 1 rings (SSSR count). The first-order valence-corrected chi connectivity index (χ1v) is 31.5. The van der Waals surface area contributed by atoms with Gasteiger partial charge in [0.15, 0.2) is 0 Å². The first-order chi connectivity index (χ1) is 46.1. The fourth-order valence-electron chi connectivity index (χ4n) is 9.14. The lowest BCUT2D eigenvalue weighted by Crippen LogP contribution is -2.62. The van der Waals surface area contributed by atoms with Crippen molar-refractivity contribution in [2.24, 2.45) is 34.6 Å². The maximum absolute atomic E-state index is 14.4. The van der Waals surface area contributed by atoms with Crippen LogP contribution in [-0.4, -0.2) is 237 Å². The van der Waals surface area contributed by atoms with Crippen LogP contribution < -0.4 is 92.5 Å². The number of primary amides is 3. The van der Waals surface area contributed by atoms with E-state index in [4.69, 9.17) is 33.8 Å². The van der Waals surface area contributed by atoms with Gasteiger partial charge in [-0.25, -0.2) is 0 Å². The highest BCUT2D eigenvalue weighted by Gasteiger charge is 2.38. The second-order valence-electron chi connectivity index (χ2n) is 23.1. The van der Waals surface area contributed by atoms with Gasteiger partial charge in [-0.1, -0.05) is 32.4 Å². The van der Waals surface area contributed by atoms with E-state index in [2.05, 4.69) is 63.8 Å². The van der Waals surface area contributed by atoms with Crippen molar-refractivity contribution in [1.29, 1.82) is 0 Å². The molecular weight excluding hydrogens is 1300 g/mol. The number of nitrogens with two attached hydrogens (primary N) is 5. The van der Waals surface area contributed by atoms with Crippen LogP contribution in [0.25, 0.3) is 0 Å². The minimum absolute atomic E-state index is 0.0920. The molecule has 39 nitrogen and oxygen atoms in total. The molecule has 0 aliphatic rings. The lowest BCUT2D eigenvalue weighted by atomic mass is 9.97. The first-order valence-electron chi connectivity index (χ1n) is 31.5. The molecule has 1 aromatic rings. The number of hydrogen-bond acceptors (Lipinski definition) is 23. The summed E-state index contributed by atoms with van der Waals surface area (Å²) in [7, 11) is 0. The Kier molecular flexibility index (Phi) is 39.6. The lowest BCUT2D eigenvalue weighted by molar-refractivity contribution is -0.138. The van der Waals surface area contributed by atoms with Crippen LogP contribution in [0.3, 0.4) is 0 Å². The molecule has 1 aromatic carbocycles. The number of carbonyl (C=O) groups is 16. The number of unbranched alkanes of at least 4 members (excludes halogenated alkanes) is 2. The number of nitrogens with one attached hydrogen (secondary N) is 12. The van der Waals surface area contributed by atoms with Gasteiger partial charge >= 0.3 is 5.97 Å². The van der Waals surface area contributed by atoms with Gasteiger partial charge in [0.05, 0.1) is 32.3 Å². The second kappa shape index (κ2) is 44.9. The number of carboxylic acids is 1. The molecule has 14 atom stereocenters. The van der Waals surface area contributed by atoms with Crippen molar-refractivity contribution in [2.75, 3.05) is 32.9 Å². The zero-order chi connectivity index (χ0) is 74.5. The monoisotopic (exact) mass is 1400 g/mol.